The van der Waals surface area contributed by atoms with Crippen molar-refractivity contribution < 1.29 is 37.7 Å². The molecule has 13 heteroatoms. The first-order valence-corrected chi connectivity index (χ1v) is 9.78. The molecule has 2 atom stereocenters. The highest BCUT2D eigenvalue weighted by Gasteiger charge is 2.59. The fraction of sp³-hybridized carbons (Fsp3) is 0.200. The number of carbonyl (C=O) groups is 1. The Labute approximate surface area is 194 Å². The fourth-order valence-corrected chi connectivity index (χ4v) is 3.52. The molecule has 0 fully saturated rings. The number of pyridine rings is 1. The number of alkyl halides is 3. The van der Waals surface area contributed by atoms with Gasteiger partial charge in [-0.25, -0.2) is 19.7 Å². The number of aromatic nitrogens is 3. The highest BCUT2D eigenvalue weighted by Crippen LogP contribution is 2.50. The summed E-state index contributed by atoms with van der Waals surface area (Å²) in [4.78, 5) is 21.7. The third kappa shape index (κ3) is 5.27. The Morgan fingerprint density at radius 2 is 1.73 bits per heavy atom. The summed E-state index contributed by atoms with van der Waals surface area (Å²) < 4.78 is 52.1. The van der Waals surface area contributed by atoms with Crippen molar-refractivity contribution >= 4 is 29.4 Å². The van der Waals surface area contributed by atoms with Crippen LogP contribution < -0.4 is 9.47 Å². The second-order valence-corrected chi connectivity index (χ2v) is 7.49. The molecule has 3 aromatic rings. The molecule has 0 bridgehead atoms. The second kappa shape index (κ2) is 9.38. The molecule has 1 aromatic carbocycles. The maximum atomic E-state index is 14.1. The van der Waals surface area contributed by atoms with Gasteiger partial charge in [-0.3, -0.25) is 0 Å². The minimum absolute atomic E-state index is 0.0414. The van der Waals surface area contributed by atoms with E-state index in [1.54, 1.807) is 0 Å². The average molecular weight is 504 g/mol. The SMILES string of the molecule is CC(c1cc(Oc2cnc(OC(=O)O)cn2)ccc1Cl)C(O)(c1ccnc(Cl)c1)C(F)(F)F. The van der Waals surface area contributed by atoms with Crippen molar-refractivity contribution in [3.8, 4) is 17.5 Å². The third-order valence-electron chi connectivity index (χ3n) is 4.68. The molecule has 2 aromatic heterocycles. The van der Waals surface area contributed by atoms with E-state index in [1.807, 2.05) is 0 Å². The first-order chi connectivity index (χ1) is 15.4. The summed E-state index contributed by atoms with van der Waals surface area (Å²) in [5.41, 5.74) is -3.93. The quantitative estimate of drug-likeness (QED) is 0.330. The van der Waals surface area contributed by atoms with Crippen molar-refractivity contribution in [2.75, 3.05) is 0 Å². The van der Waals surface area contributed by atoms with Gasteiger partial charge in [0.05, 0.1) is 12.4 Å². The molecule has 174 valence electrons. The summed E-state index contributed by atoms with van der Waals surface area (Å²) in [6.45, 7) is 1.16. The molecule has 2 N–H and O–H groups in total. The lowest BCUT2D eigenvalue weighted by atomic mass is 9.78. The van der Waals surface area contributed by atoms with E-state index in [1.165, 1.54) is 18.2 Å². The van der Waals surface area contributed by atoms with Gasteiger partial charge < -0.3 is 19.7 Å². The van der Waals surface area contributed by atoms with Gasteiger partial charge >= 0.3 is 12.3 Å². The van der Waals surface area contributed by atoms with Crippen LogP contribution in [0.1, 0.15) is 24.0 Å². The molecule has 0 saturated heterocycles. The number of ether oxygens (including phenoxy) is 2. The number of rotatable bonds is 6. The molecule has 2 heterocycles. The normalized spacial score (nSPS) is 14.3. The number of hydrogen-bond acceptors (Lipinski definition) is 7. The second-order valence-electron chi connectivity index (χ2n) is 6.70. The van der Waals surface area contributed by atoms with E-state index in [0.717, 1.165) is 37.6 Å². The van der Waals surface area contributed by atoms with Crippen molar-refractivity contribution in [3.05, 3.63) is 70.2 Å². The molecule has 33 heavy (non-hydrogen) atoms. The van der Waals surface area contributed by atoms with Crippen molar-refractivity contribution in [2.45, 2.75) is 24.6 Å². The van der Waals surface area contributed by atoms with E-state index in [9.17, 15) is 23.1 Å². The molecule has 8 nitrogen and oxygen atoms in total. The summed E-state index contributed by atoms with van der Waals surface area (Å²) in [5.74, 6) is -1.95. The standard InChI is InChI=1S/C20H14Cl2F3N3O5/c1-10(19(31,20(23,24)25)11-4-5-26-15(22)6-11)13-7-12(2-3-14(13)21)32-16-8-28-17(9-27-16)33-18(29)30/h2-10,31H,1H3,(H,29,30). The summed E-state index contributed by atoms with van der Waals surface area (Å²) in [5, 5.41) is 19.2. The lowest BCUT2D eigenvalue weighted by Gasteiger charge is -2.37. The number of nitrogens with zero attached hydrogens (tertiary/aromatic N) is 3. The summed E-state index contributed by atoms with van der Waals surface area (Å²) in [7, 11) is 0. The Bertz CT molecular complexity index is 1160. The maximum absolute atomic E-state index is 14.1. The largest absolute Gasteiger partial charge is 0.512 e. The third-order valence-corrected chi connectivity index (χ3v) is 5.23. The fourth-order valence-electron chi connectivity index (χ4n) is 3.06. The topological polar surface area (TPSA) is 115 Å². The molecule has 0 aliphatic carbocycles. The average Bonchev–Trinajstić information content (AvgIpc) is 2.74. The van der Waals surface area contributed by atoms with Crippen LogP contribution in [0.4, 0.5) is 18.0 Å². The van der Waals surface area contributed by atoms with Crippen LogP contribution in [-0.4, -0.2) is 37.5 Å². The van der Waals surface area contributed by atoms with E-state index < -0.39 is 29.4 Å². The van der Waals surface area contributed by atoms with Gasteiger partial charge in [0.25, 0.3) is 0 Å². The minimum atomic E-state index is -5.09. The number of hydrogen-bond donors (Lipinski definition) is 2. The van der Waals surface area contributed by atoms with Crippen molar-refractivity contribution in [1.82, 2.24) is 15.0 Å². The Hall–Kier alpha value is -3.15. The van der Waals surface area contributed by atoms with Gasteiger partial charge in [-0.15, -0.1) is 0 Å². The van der Waals surface area contributed by atoms with Crippen molar-refractivity contribution in [3.63, 3.8) is 0 Å². The molecule has 0 saturated carbocycles. The van der Waals surface area contributed by atoms with Crippen LogP contribution in [0.25, 0.3) is 0 Å². The molecular formula is C20H14Cl2F3N3O5. The van der Waals surface area contributed by atoms with Crippen LogP contribution in [0.2, 0.25) is 10.2 Å². The van der Waals surface area contributed by atoms with Crippen LogP contribution in [0.3, 0.4) is 0 Å². The Morgan fingerprint density at radius 3 is 2.30 bits per heavy atom. The van der Waals surface area contributed by atoms with Crippen LogP contribution >= 0.6 is 23.2 Å². The smallest absolute Gasteiger partial charge is 0.449 e. The van der Waals surface area contributed by atoms with E-state index in [2.05, 4.69) is 19.7 Å². The molecule has 0 aliphatic heterocycles. The van der Waals surface area contributed by atoms with E-state index in [4.69, 9.17) is 33.0 Å². The zero-order chi connectivity index (χ0) is 24.4. The van der Waals surface area contributed by atoms with E-state index >= 15 is 0 Å². The molecule has 3 rings (SSSR count). The van der Waals surface area contributed by atoms with Gasteiger partial charge in [0.1, 0.15) is 10.9 Å². The summed E-state index contributed by atoms with van der Waals surface area (Å²) in [6, 6.07) is 5.83. The van der Waals surface area contributed by atoms with Crippen LogP contribution in [0, 0.1) is 0 Å². The molecular weight excluding hydrogens is 490 g/mol. The summed E-state index contributed by atoms with van der Waals surface area (Å²) in [6.07, 6.45) is -3.58. The first kappa shape index (κ1) is 24.5. The monoisotopic (exact) mass is 503 g/mol. The van der Waals surface area contributed by atoms with E-state index in [-0.39, 0.29) is 33.2 Å². The van der Waals surface area contributed by atoms with Crippen LogP contribution in [0.5, 0.6) is 17.5 Å². The minimum Gasteiger partial charge on any atom is -0.449 e. The molecule has 0 aliphatic rings. The lowest BCUT2D eigenvalue weighted by Crippen LogP contribution is -2.46. The van der Waals surface area contributed by atoms with Gasteiger partial charge in [0, 0.05) is 17.1 Å². The maximum Gasteiger partial charge on any atom is 0.512 e. The van der Waals surface area contributed by atoms with Gasteiger partial charge in [0.2, 0.25) is 11.8 Å². The Balaban J connectivity index is 1.96. The number of halogens is 5. The molecule has 0 amide bonds. The molecule has 0 spiro atoms. The van der Waals surface area contributed by atoms with Crippen molar-refractivity contribution in [1.29, 1.82) is 0 Å². The van der Waals surface area contributed by atoms with Gasteiger partial charge in [0.15, 0.2) is 5.60 Å². The zero-order valence-corrected chi connectivity index (χ0v) is 18.1. The predicted octanol–water partition coefficient (Wildman–Crippen LogP) is 5.58. The summed E-state index contributed by atoms with van der Waals surface area (Å²) >= 11 is 11.9. The highest BCUT2D eigenvalue weighted by molar-refractivity contribution is 6.31. The van der Waals surface area contributed by atoms with E-state index in [0.29, 0.717) is 0 Å². The highest BCUT2D eigenvalue weighted by atomic mass is 35.5. The lowest BCUT2D eigenvalue weighted by molar-refractivity contribution is -0.274. The molecule has 2 unspecified atom stereocenters. The number of carboxylic acid groups (broad SMARTS) is 1. The Morgan fingerprint density at radius 1 is 1.06 bits per heavy atom. The van der Waals surface area contributed by atoms with Crippen LogP contribution in [-0.2, 0) is 5.60 Å². The number of benzene rings is 1. The van der Waals surface area contributed by atoms with Crippen LogP contribution in [0.15, 0.2) is 48.9 Å². The first-order valence-electron chi connectivity index (χ1n) is 9.03. The predicted molar refractivity (Wildman–Crippen MR) is 110 cm³/mol. The van der Waals surface area contributed by atoms with Gasteiger partial charge in [-0.2, -0.15) is 13.2 Å². The zero-order valence-electron chi connectivity index (χ0n) is 16.5. The Kier molecular flexibility index (Phi) is 6.96. The number of aliphatic hydroxyl groups is 1. The van der Waals surface area contributed by atoms with Gasteiger partial charge in [-0.1, -0.05) is 30.1 Å². The molecule has 0 radical (unpaired) electrons. The van der Waals surface area contributed by atoms with Gasteiger partial charge in [-0.05, 0) is 41.5 Å². The van der Waals surface area contributed by atoms with Crippen molar-refractivity contribution in [2.24, 2.45) is 0 Å².